The van der Waals surface area contributed by atoms with Gasteiger partial charge in [0.05, 0.1) is 21.4 Å². The van der Waals surface area contributed by atoms with Gasteiger partial charge in [0.15, 0.2) is 0 Å². The lowest BCUT2D eigenvalue weighted by Crippen LogP contribution is -2.07. The Labute approximate surface area is 128 Å². The zero-order valence-corrected chi connectivity index (χ0v) is 13.0. The molecule has 1 aromatic carbocycles. The molecule has 1 aromatic heterocycles. The molecule has 2 rings (SSSR count). The molecule has 0 aliphatic heterocycles. The monoisotopic (exact) mass is 313 g/mol. The van der Waals surface area contributed by atoms with E-state index in [-0.39, 0.29) is 0 Å². The molecule has 6 heteroatoms. The summed E-state index contributed by atoms with van der Waals surface area (Å²) in [5.74, 6) is 0.546. The molecule has 20 heavy (non-hydrogen) atoms. The molecule has 0 bridgehead atoms. The van der Waals surface area contributed by atoms with Crippen LogP contribution in [-0.4, -0.2) is 9.78 Å². The molecule has 4 nitrogen and oxygen atoms in total. The summed E-state index contributed by atoms with van der Waals surface area (Å²) in [4.78, 5) is 0. The molecule has 0 saturated carbocycles. The van der Waals surface area contributed by atoms with Crippen molar-refractivity contribution < 1.29 is 4.74 Å². The first-order chi connectivity index (χ1) is 9.56. The quantitative estimate of drug-likeness (QED) is 0.851. The molecule has 2 N–H and O–H groups in total. The Morgan fingerprint density at radius 1 is 1.30 bits per heavy atom. The number of aromatic nitrogens is 2. The molecule has 0 amide bonds. The van der Waals surface area contributed by atoms with Crippen molar-refractivity contribution >= 4 is 28.9 Å². The Balaban J connectivity index is 2.22. The first-order valence-corrected chi connectivity index (χ1v) is 7.24. The third-order valence-corrected chi connectivity index (χ3v) is 3.76. The molecular weight excluding hydrogens is 297 g/mol. The first kappa shape index (κ1) is 15.0. The molecule has 0 saturated heterocycles. The second-order valence-electron chi connectivity index (χ2n) is 4.36. The molecule has 1 heterocycles. The van der Waals surface area contributed by atoms with E-state index in [9.17, 15) is 0 Å². The van der Waals surface area contributed by atoms with Gasteiger partial charge >= 0.3 is 0 Å². The van der Waals surface area contributed by atoms with Gasteiger partial charge in [0.25, 0.3) is 0 Å². The van der Waals surface area contributed by atoms with Crippen LogP contribution in [-0.2, 0) is 19.6 Å². The van der Waals surface area contributed by atoms with E-state index in [2.05, 4.69) is 5.10 Å². The summed E-state index contributed by atoms with van der Waals surface area (Å²) in [6, 6.07) is 5.14. The van der Waals surface area contributed by atoms with Crippen LogP contribution < -0.4 is 10.5 Å². The van der Waals surface area contributed by atoms with Gasteiger partial charge in [-0.3, -0.25) is 4.68 Å². The van der Waals surface area contributed by atoms with E-state index in [1.54, 1.807) is 18.2 Å². The lowest BCUT2D eigenvalue weighted by molar-refractivity contribution is 0.293. The third-order valence-electron chi connectivity index (χ3n) is 3.01. The summed E-state index contributed by atoms with van der Waals surface area (Å²) in [7, 11) is 0. The maximum atomic E-state index is 6.32. The molecule has 0 fully saturated rings. The normalized spacial score (nSPS) is 10.8. The maximum absolute atomic E-state index is 6.32. The van der Waals surface area contributed by atoms with Crippen molar-refractivity contribution in [2.45, 2.75) is 33.4 Å². The Hall–Kier alpha value is -1.39. The van der Waals surface area contributed by atoms with E-state index < -0.39 is 0 Å². The number of benzene rings is 1. The highest BCUT2D eigenvalue weighted by atomic mass is 35.5. The molecule has 108 valence electrons. The minimum absolute atomic E-state index is 0.308. The van der Waals surface area contributed by atoms with Crippen LogP contribution in [0.25, 0.3) is 0 Å². The highest BCUT2D eigenvalue weighted by molar-refractivity contribution is 6.32. The maximum Gasteiger partial charge on any atom is 0.140 e. The average Bonchev–Trinajstić information content (AvgIpc) is 2.75. The minimum atomic E-state index is 0.308. The first-order valence-electron chi connectivity index (χ1n) is 6.48. The molecule has 2 aromatic rings. The number of aryl methyl sites for hydroxylation is 2. The van der Waals surface area contributed by atoms with Gasteiger partial charge in [-0.2, -0.15) is 5.10 Å². The largest absolute Gasteiger partial charge is 0.486 e. The Morgan fingerprint density at radius 2 is 2.05 bits per heavy atom. The van der Waals surface area contributed by atoms with Gasteiger partial charge in [0, 0.05) is 18.3 Å². The number of halogens is 2. The molecule has 0 aliphatic carbocycles. The van der Waals surface area contributed by atoms with Crippen molar-refractivity contribution in [3.05, 3.63) is 39.6 Å². The van der Waals surface area contributed by atoms with Crippen LogP contribution in [0.15, 0.2) is 18.2 Å². The standard InChI is InChI=1S/C14H17Cl2N3O/c1-3-11-14(16)12(19(4-2)18-11)8-20-13-7-9(17)5-6-10(13)15/h5-7H,3-4,8,17H2,1-2H3. The predicted molar refractivity (Wildman–Crippen MR) is 82.5 cm³/mol. The fraction of sp³-hybridized carbons (Fsp3) is 0.357. The van der Waals surface area contributed by atoms with Gasteiger partial charge in [0.2, 0.25) is 0 Å². The SMILES string of the molecule is CCc1nn(CC)c(COc2cc(N)ccc2Cl)c1Cl. The summed E-state index contributed by atoms with van der Waals surface area (Å²) >= 11 is 12.4. The topological polar surface area (TPSA) is 53.1 Å². The summed E-state index contributed by atoms with van der Waals surface area (Å²) in [6.45, 7) is 5.08. The average molecular weight is 314 g/mol. The third kappa shape index (κ3) is 3.02. The van der Waals surface area contributed by atoms with Crippen LogP contribution in [0.4, 0.5) is 5.69 Å². The van der Waals surface area contributed by atoms with Gasteiger partial charge in [-0.05, 0) is 25.5 Å². The number of nitrogens with two attached hydrogens (primary N) is 1. The highest BCUT2D eigenvalue weighted by Crippen LogP contribution is 2.29. The second-order valence-corrected chi connectivity index (χ2v) is 5.14. The number of hydrogen-bond donors (Lipinski definition) is 1. The fourth-order valence-electron chi connectivity index (χ4n) is 1.93. The number of ether oxygens (including phenoxy) is 1. The van der Waals surface area contributed by atoms with Gasteiger partial charge in [0.1, 0.15) is 12.4 Å². The van der Waals surface area contributed by atoms with Crippen LogP contribution in [0.3, 0.4) is 0 Å². The Kier molecular flexibility index (Phi) is 4.78. The minimum Gasteiger partial charge on any atom is -0.486 e. The summed E-state index contributed by atoms with van der Waals surface area (Å²) in [5.41, 5.74) is 8.06. The molecular formula is C14H17Cl2N3O. The number of nitrogen functional groups attached to an aromatic ring is 1. The summed E-state index contributed by atoms with van der Waals surface area (Å²) in [5, 5.41) is 5.63. The zero-order chi connectivity index (χ0) is 14.7. The second kappa shape index (κ2) is 6.37. The van der Waals surface area contributed by atoms with Crippen molar-refractivity contribution in [3.63, 3.8) is 0 Å². The smallest absolute Gasteiger partial charge is 0.140 e. The molecule has 0 radical (unpaired) electrons. The van der Waals surface area contributed by atoms with E-state index in [0.29, 0.717) is 28.1 Å². The van der Waals surface area contributed by atoms with E-state index in [4.69, 9.17) is 33.7 Å². The Bertz CT molecular complexity index is 611. The van der Waals surface area contributed by atoms with Crippen LogP contribution in [0.1, 0.15) is 25.2 Å². The van der Waals surface area contributed by atoms with Crippen molar-refractivity contribution in [1.82, 2.24) is 9.78 Å². The number of anilines is 1. The van der Waals surface area contributed by atoms with E-state index in [0.717, 1.165) is 24.4 Å². The lowest BCUT2D eigenvalue weighted by atomic mass is 10.3. The van der Waals surface area contributed by atoms with Crippen molar-refractivity contribution in [1.29, 1.82) is 0 Å². The van der Waals surface area contributed by atoms with Crippen LogP contribution in [0, 0.1) is 0 Å². The van der Waals surface area contributed by atoms with Crippen LogP contribution in [0.5, 0.6) is 5.75 Å². The van der Waals surface area contributed by atoms with Gasteiger partial charge in [-0.1, -0.05) is 30.1 Å². The lowest BCUT2D eigenvalue weighted by Gasteiger charge is -2.10. The van der Waals surface area contributed by atoms with Gasteiger partial charge in [-0.25, -0.2) is 0 Å². The summed E-state index contributed by atoms with van der Waals surface area (Å²) in [6.07, 6.45) is 0.790. The van der Waals surface area contributed by atoms with Gasteiger partial charge in [-0.15, -0.1) is 0 Å². The van der Waals surface area contributed by atoms with Crippen LogP contribution in [0.2, 0.25) is 10.0 Å². The molecule has 0 spiro atoms. The number of nitrogens with zero attached hydrogens (tertiary/aromatic N) is 2. The predicted octanol–water partition coefficient (Wildman–Crippen LogP) is 3.93. The van der Waals surface area contributed by atoms with Crippen molar-refractivity contribution in [2.24, 2.45) is 0 Å². The fourth-order valence-corrected chi connectivity index (χ4v) is 2.43. The number of rotatable bonds is 5. The summed E-state index contributed by atoms with van der Waals surface area (Å²) < 4.78 is 7.58. The zero-order valence-electron chi connectivity index (χ0n) is 11.5. The van der Waals surface area contributed by atoms with E-state index in [1.807, 2.05) is 18.5 Å². The van der Waals surface area contributed by atoms with E-state index >= 15 is 0 Å². The molecule has 0 aliphatic rings. The van der Waals surface area contributed by atoms with E-state index in [1.165, 1.54) is 0 Å². The van der Waals surface area contributed by atoms with Gasteiger partial charge < -0.3 is 10.5 Å². The van der Waals surface area contributed by atoms with Crippen LogP contribution >= 0.6 is 23.2 Å². The highest BCUT2D eigenvalue weighted by Gasteiger charge is 2.15. The van der Waals surface area contributed by atoms with Crippen molar-refractivity contribution in [3.8, 4) is 5.75 Å². The molecule has 0 atom stereocenters. The van der Waals surface area contributed by atoms with Crippen molar-refractivity contribution in [2.75, 3.05) is 5.73 Å². The number of hydrogen-bond acceptors (Lipinski definition) is 3. The Morgan fingerprint density at radius 3 is 2.70 bits per heavy atom. The molecule has 0 unspecified atom stereocenters.